The predicted molar refractivity (Wildman–Crippen MR) is 54.9 cm³/mol. The summed E-state index contributed by atoms with van der Waals surface area (Å²) in [7, 11) is 1.66. The van der Waals surface area contributed by atoms with E-state index in [9.17, 15) is 4.91 Å². The van der Waals surface area contributed by atoms with E-state index in [-0.39, 0.29) is 0 Å². The number of hydrogen-bond acceptors (Lipinski definition) is 2. The van der Waals surface area contributed by atoms with Crippen molar-refractivity contribution in [2.24, 2.45) is 5.29 Å². The lowest BCUT2D eigenvalue weighted by Gasteiger charge is -2.15. The van der Waals surface area contributed by atoms with Crippen molar-refractivity contribution in [3.63, 3.8) is 0 Å². The predicted octanol–water partition coefficient (Wildman–Crippen LogP) is 2.73. The van der Waals surface area contributed by atoms with E-state index in [1.165, 1.54) is 10.6 Å². The number of benzene rings is 1. The van der Waals surface area contributed by atoms with Gasteiger partial charge in [-0.05, 0) is 31.9 Å². The Hall–Kier alpha value is -1.38. The van der Waals surface area contributed by atoms with Gasteiger partial charge in [0, 0.05) is 7.05 Å². The number of rotatable bonds is 2. The molecule has 0 fully saturated rings. The molecule has 0 aliphatic carbocycles. The summed E-state index contributed by atoms with van der Waals surface area (Å²) in [5, 5.41) is 4.26. The van der Waals surface area contributed by atoms with E-state index >= 15 is 0 Å². The highest BCUT2D eigenvalue weighted by atomic mass is 16.3. The summed E-state index contributed by atoms with van der Waals surface area (Å²) in [5.74, 6) is 0. The molecule has 0 unspecified atom stereocenters. The zero-order valence-electron chi connectivity index (χ0n) is 8.46. The average molecular weight is 178 g/mol. The number of hydrogen-bond donors (Lipinski definition) is 0. The lowest BCUT2D eigenvalue weighted by atomic mass is 10.1. The van der Waals surface area contributed by atoms with Crippen molar-refractivity contribution in [3.8, 4) is 0 Å². The van der Waals surface area contributed by atoms with Gasteiger partial charge in [-0.25, -0.2) is 5.01 Å². The molecule has 0 aliphatic rings. The Balaban J connectivity index is 3.28. The molecular formula is C10H14N2O. The monoisotopic (exact) mass is 178 g/mol. The van der Waals surface area contributed by atoms with Crippen molar-refractivity contribution in [2.45, 2.75) is 20.8 Å². The highest BCUT2D eigenvalue weighted by molar-refractivity contribution is 5.59. The molecule has 1 aromatic rings. The molecule has 70 valence electrons. The third-order valence-electron chi connectivity index (χ3n) is 2.08. The molecule has 0 heterocycles. The SMILES string of the molecule is Cc1cc(C)c(N(C)N=O)c(C)c1. The normalized spacial score (nSPS) is 9.85. The van der Waals surface area contributed by atoms with Crippen LogP contribution in [0.1, 0.15) is 16.7 Å². The summed E-state index contributed by atoms with van der Waals surface area (Å²) in [6.07, 6.45) is 0. The van der Waals surface area contributed by atoms with Crippen LogP contribution in [0.2, 0.25) is 0 Å². The largest absolute Gasteiger partial charge is 0.232 e. The van der Waals surface area contributed by atoms with Gasteiger partial charge in [-0.3, -0.25) is 0 Å². The molecule has 13 heavy (non-hydrogen) atoms. The van der Waals surface area contributed by atoms with Crippen molar-refractivity contribution in [1.29, 1.82) is 0 Å². The molecule has 3 nitrogen and oxygen atoms in total. The van der Waals surface area contributed by atoms with Crippen molar-refractivity contribution < 1.29 is 0 Å². The molecule has 0 aromatic heterocycles. The molecule has 0 N–H and O–H groups in total. The maximum Gasteiger partial charge on any atom is 0.0681 e. The number of nitrogens with zero attached hydrogens (tertiary/aromatic N) is 2. The lowest BCUT2D eigenvalue weighted by molar-refractivity contribution is 0.984. The molecule has 1 aromatic carbocycles. The fourth-order valence-corrected chi connectivity index (χ4v) is 1.72. The van der Waals surface area contributed by atoms with Crippen LogP contribution in [0, 0.1) is 25.7 Å². The first-order chi connectivity index (χ1) is 6.06. The van der Waals surface area contributed by atoms with Gasteiger partial charge in [0.2, 0.25) is 0 Å². The lowest BCUT2D eigenvalue weighted by Crippen LogP contribution is -2.10. The Kier molecular flexibility index (Phi) is 2.66. The highest BCUT2D eigenvalue weighted by Gasteiger charge is 2.08. The Morgan fingerprint density at radius 2 is 1.62 bits per heavy atom. The minimum Gasteiger partial charge on any atom is -0.232 e. The molecule has 0 atom stereocenters. The smallest absolute Gasteiger partial charge is 0.0681 e. The minimum absolute atomic E-state index is 0.903. The van der Waals surface area contributed by atoms with Gasteiger partial charge in [0.1, 0.15) is 0 Å². The van der Waals surface area contributed by atoms with Crippen LogP contribution >= 0.6 is 0 Å². The molecular weight excluding hydrogens is 164 g/mol. The second-order valence-corrected chi connectivity index (χ2v) is 3.35. The summed E-state index contributed by atoms with van der Waals surface area (Å²) in [6, 6.07) is 4.09. The molecule has 1 rings (SSSR count). The fourth-order valence-electron chi connectivity index (χ4n) is 1.72. The molecule has 0 saturated carbocycles. The number of aryl methyl sites for hydroxylation is 3. The maximum absolute atomic E-state index is 10.4. The van der Waals surface area contributed by atoms with Crippen LogP contribution in [0.5, 0.6) is 0 Å². The average Bonchev–Trinajstić information content (AvgIpc) is 2.02. The second-order valence-electron chi connectivity index (χ2n) is 3.35. The quantitative estimate of drug-likeness (QED) is 0.515. The molecule has 0 saturated heterocycles. The van der Waals surface area contributed by atoms with E-state index in [1.54, 1.807) is 7.05 Å². The first-order valence-electron chi connectivity index (χ1n) is 4.21. The van der Waals surface area contributed by atoms with Gasteiger partial charge in [-0.1, -0.05) is 17.7 Å². The van der Waals surface area contributed by atoms with Crippen LogP contribution in [0.4, 0.5) is 5.69 Å². The van der Waals surface area contributed by atoms with Crippen molar-refractivity contribution in [1.82, 2.24) is 0 Å². The van der Waals surface area contributed by atoms with Crippen LogP contribution in [-0.4, -0.2) is 7.05 Å². The van der Waals surface area contributed by atoms with Crippen molar-refractivity contribution in [2.75, 3.05) is 12.1 Å². The van der Waals surface area contributed by atoms with Crippen LogP contribution in [0.3, 0.4) is 0 Å². The molecule has 0 bridgehead atoms. The molecule has 0 aliphatic heterocycles. The van der Waals surface area contributed by atoms with Gasteiger partial charge in [-0.15, -0.1) is 4.91 Å². The summed E-state index contributed by atoms with van der Waals surface area (Å²) >= 11 is 0. The minimum atomic E-state index is 0.903. The summed E-state index contributed by atoms with van der Waals surface area (Å²) in [6.45, 7) is 6.01. The number of anilines is 1. The third kappa shape index (κ3) is 1.86. The topological polar surface area (TPSA) is 32.7 Å². The Morgan fingerprint density at radius 1 is 1.15 bits per heavy atom. The van der Waals surface area contributed by atoms with Crippen LogP contribution in [-0.2, 0) is 0 Å². The first kappa shape index (κ1) is 9.71. The fraction of sp³-hybridized carbons (Fsp3) is 0.400. The number of nitroso groups, excluding NO2 is 1. The van der Waals surface area contributed by atoms with Gasteiger partial charge in [0.25, 0.3) is 0 Å². The van der Waals surface area contributed by atoms with E-state index in [0.717, 1.165) is 16.8 Å². The first-order valence-corrected chi connectivity index (χ1v) is 4.21. The van der Waals surface area contributed by atoms with Crippen molar-refractivity contribution in [3.05, 3.63) is 33.7 Å². The van der Waals surface area contributed by atoms with Gasteiger partial charge in [0.05, 0.1) is 11.0 Å². The van der Waals surface area contributed by atoms with E-state index in [2.05, 4.69) is 5.29 Å². The van der Waals surface area contributed by atoms with Crippen LogP contribution < -0.4 is 5.01 Å². The third-order valence-corrected chi connectivity index (χ3v) is 2.08. The summed E-state index contributed by atoms with van der Waals surface area (Å²) < 4.78 is 0. The van der Waals surface area contributed by atoms with Crippen LogP contribution in [0.15, 0.2) is 17.4 Å². The maximum atomic E-state index is 10.4. The Labute approximate surface area is 78.3 Å². The van der Waals surface area contributed by atoms with Gasteiger partial charge >= 0.3 is 0 Å². The Bertz CT molecular complexity index is 311. The van der Waals surface area contributed by atoms with E-state index in [0.29, 0.717) is 0 Å². The van der Waals surface area contributed by atoms with Gasteiger partial charge in [0.15, 0.2) is 0 Å². The van der Waals surface area contributed by atoms with Gasteiger partial charge < -0.3 is 0 Å². The van der Waals surface area contributed by atoms with Crippen LogP contribution in [0.25, 0.3) is 0 Å². The molecule has 3 heteroatoms. The van der Waals surface area contributed by atoms with Gasteiger partial charge in [-0.2, -0.15) is 0 Å². The summed E-state index contributed by atoms with van der Waals surface area (Å²) in [5.41, 5.74) is 4.28. The standard InChI is InChI=1S/C10H14N2O/c1-7-5-8(2)10(9(3)6-7)12(4)11-13/h5-6H,1-4H3. The highest BCUT2D eigenvalue weighted by Crippen LogP contribution is 2.25. The van der Waals surface area contributed by atoms with E-state index in [4.69, 9.17) is 0 Å². The molecule has 0 spiro atoms. The Morgan fingerprint density at radius 3 is 2.00 bits per heavy atom. The van der Waals surface area contributed by atoms with E-state index in [1.807, 2.05) is 32.9 Å². The van der Waals surface area contributed by atoms with Crippen molar-refractivity contribution >= 4 is 5.69 Å². The molecule has 0 radical (unpaired) electrons. The molecule has 0 amide bonds. The van der Waals surface area contributed by atoms with E-state index < -0.39 is 0 Å². The zero-order chi connectivity index (χ0) is 10.0. The second kappa shape index (κ2) is 3.56. The zero-order valence-corrected chi connectivity index (χ0v) is 8.46. The summed E-state index contributed by atoms with van der Waals surface area (Å²) in [4.78, 5) is 10.4.